The molecule has 1 fully saturated rings. The Labute approximate surface area is 132 Å². The van der Waals surface area contributed by atoms with Gasteiger partial charge in [-0.3, -0.25) is 4.79 Å². The van der Waals surface area contributed by atoms with Crippen LogP contribution in [-0.2, 0) is 16.0 Å². The summed E-state index contributed by atoms with van der Waals surface area (Å²) in [4.78, 5) is 14.1. The van der Waals surface area contributed by atoms with Crippen molar-refractivity contribution in [3.8, 4) is 5.75 Å². The molecular weight excluding hydrogens is 280 g/mol. The van der Waals surface area contributed by atoms with Crippen molar-refractivity contribution in [1.29, 1.82) is 0 Å². The Morgan fingerprint density at radius 2 is 2.18 bits per heavy atom. The summed E-state index contributed by atoms with van der Waals surface area (Å²) in [6.45, 7) is 5.79. The van der Waals surface area contributed by atoms with Crippen molar-refractivity contribution >= 4 is 5.91 Å². The second-order valence-electron chi connectivity index (χ2n) is 5.64. The van der Waals surface area contributed by atoms with Gasteiger partial charge in [-0.15, -0.1) is 0 Å². The Hall–Kier alpha value is -1.59. The van der Waals surface area contributed by atoms with Gasteiger partial charge in [-0.1, -0.05) is 12.1 Å². The first-order valence-electron chi connectivity index (χ1n) is 7.96. The van der Waals surface area contributed by atoms with E-state index in [1.807, 2.05) is 31.2 Å². The van der Waals surface area contributed by atoms with Crippen LogP contribution in [0.4, 0.5) is 0 Å². The number of ether oxygens (including phenoxy) is 2. The Kier molecular flexibility index (Phi) is 6.68. The van der Waals surface area contributed by atoms with Crippen molar-refractivity contribution in [2.45, 2.75) is 25.9 Å². The van der Waals surface area contributed by atoms with Crippen molar-refractivity contribution < 1.29 is 14.3 Å². The van der Waals surface area contributed by atoms with Crippen molar-refractivity contribution in [3.63, 3.8) is 0 Å². The lowest BCUT2D eigenvalue weighted by Gasteiger charge is -2.30. The Morgan fingerprint density at radius 3 is 2.86 bits per heavy atom. The molecule has 1 aromatic carbocycles. The van der Waals surface area contributed by atoms with Gasteiger partial charge in [0, 0.05) is 26.1 Å². The fourth-order valence-corrected chi connectivity index (χ4v) is 2.48. The summed E-state index contributed by atoms with van der Waals surface area (Å²) in [5.74, 6) is 0.944. The lowest BCUT2D eigenvalue weighted by molar-refractivity contribution is -0.122. The van der Waals surface area contributed by atoms with E-state index in [4.69, 9.17) is 9.47 Å². The van der Waals surface area contributed by atoms with Crippen molar-refractivity contribution in [3.05, 3.63) is 29.8 Å². The molecule has 22 heavy (non-hydrogen) atoms. The minimum absolute atomic E-state index is 0.0747. The van der Waals surface area contributed by atoms with Crippen LogP contribution in [0.15, 0.2) is 24.3 Å². The van der Waals surface area contributed by atoms with Crippen LogP contribution in [0, 0.1) is 0 Å². The molecule has 1 saturated heterocycles. The molecule has 1 unspecified atom stereocenters. The summed E-state index contributed by atoms with van der Waals surface area (Å²) in [7, 11) is 2.07. The summed E-state index contributed by atoms with van der Waals surface area (Å²) in [6, 6.07) is 7.92. The number of amides is 1. The zero-order valence-corrected chi connectivity index (χ0v) is 13.5. The summed E-state index contributed by atoms with van der Waals surface area (Å²) in [6.07, 6.45) is 1.34. The van der Waals surface area contributed by atoms with E-state index >= 15 is 0 Å². The van der Waals surface area contributed by atoms with Gasteiger partial charge in [0.05, 0.1) is 19.3 Å². The molecule has 1 atom stereocenters. The van der Waals surface area contributed by atoms with E-state index in [0.29, 0.717) is 19.6 Å². The van der Waals surface area contributed by atoms with Crippen molar-refractivity contribution in [2.75, 3.05) is 39.9 Å². The number of nitrogens with zero attached hydrogens (tertiary/aromatic N) is 1. The molecule has 0 bridgehead atoms. The molecule has 1 heterocycles. The number of likely N-dealkylation sites (N-methyl/N-ethyl adjacent to an activating group) is 1. The SMILES string of the molecule is CCOc1ccc(CCC(=O)NCC2CN(C)CCO2)cc1. The van der Waals surface area contributed by atoms with E-state index in [1.165, 1.54) is 0 Å². The molecule has 1 aliphatic heterocycles. The highest BCUT2D eigenvalue weighted by atomic mass is 16.5. The fraction of sp³-hybridized carbons (Fsp3) is 0.588. The molecule has 2 rings (SSSR count). The number of carbonyl (C=O) groups excluding carboxylic acids is 1. The van der Waals surface area contributed by atoms with Gasteiger partial charge in [0.2, 0.25) is 5.91 Å². The second kappa shape index (κ2) is 8.76. The molecule has 0 spiro atoms. The number of carbonyl (C=O) groups is 1. The highest BCUT2D eigenvalue weighted by molar-refractivity contribution is 5.76. The molecule has 0 radical (unpaired) electrons. The van der Waals surface area contributed by atoms with Crippen LogP contribution in [0.2, 0.25) is 0 Å². The predicted octanol–water partition coefficient (Wildman–Crippen LogP) is 1.46. The van der Waals surface area contributed by atoms with Crippen LogP contribution in [0.1, 0.15) is 18.9 Å². The number of morpholine rings is 1. The first-order chi connectivity index (χ1) is 10.7. The third-order valence-electron chi connectivity index (χ3n) is 3.74. The van der Waals surface area contributed by atoms with E-state index in [-0.39, 0.29) is 12.0 Å². The third-order valence-corrected chi connectivity index (χ3v) is 3.74. The topological polar surface area (TPSA) is 50.8 Å². The summed E-state index contributed by atoms with van der Waals surface area (Å²) in [5.41, 5.74) is 1.15. The molecule has 1 aliphatic rings. The lowest BCUT2D eigenvalue weighted by Crippen LogP contribution is -2.45. The van der Waals surface area contributed by atoms with Gasteiger partial charge in [-0.05, 0) is 38.1 Å². The number of hydrogen-bond acceptors (Lipinski definition) is 4. The van der Waals surface area contributed by atoms with Crippen molar-refractivity contribution in [1.82, 2.24) is 10.2 Å². The zero-order valence-electron chi connectivity index (χ0n) is 13.5. The maximum atomic E-state index is 11.9. The molecule has 1 amide bonds. The quantitative estimate of drug-likeness (QED) is 0.829. The average Bonchev–Trinajstić information content (AvgIpc) is 2.53. The summed E-state index contributed by atoms with van der Waals surface area (Å²) < 4.78 is 11.0. The highest BCUT2D eigenvalue weighted by Crippen LogP contribution is 2.13. The molecule has 1 N–H and O–H groups in total. The van der Waals surface area contributed by atoms with Gasteiger partial charge in [-0.2, -0.15) is 0 Å². The fourth-order valence-electron chi connectivity index (χ4n) is 2.48. The number of benzene rings is 1. The van der Waals surface area contributed by atoms with Crippen LogP contribution in [0.3, 0.4) is 0 Å². The molecule has 0 aromatic heterocycles. The van der Waals surface area contributed by atoms with Crippen LogP contribution in [0.5, 0.6) is 5.75 Å². The zero-order chi connectivity index (χ0) is 15.8. The second-order valence-corrected chi connectivity index (χ2v) is 5.64. The number of rotatable bonds is 7. The molecule has 0 saturated carbocycles. The van der Waals surface area contributed by atoms with Gasteiger partial charge in [0.15, 0.2) is 0 Å². The van der Waals surface area contributed by atoms with Crippen LogP contribution >= 0.6 is 0 Å². The van der Waals surface area contributed by atoms with E-state index in [0.717, 1.165) is 37.4 Å². The largest absolute Gasteiger partial charge is 0.494 e. The van der Waals surface area contributed by atoms with Gasteiger partial charge in [0.25, 0.3) is 0 Å². The highest BCUT2D eigenvalue weighted by Gasteiger charge is 2.17. The van der Waals surface area contributed by atoms with E-state index in [2.05, 4.69) is 17.3 Å². The molecule has 0 aliphatic carbocycles. The Balaban J connectivity index is 1.66. The van der Waals surface area contributed by atoms with Crippen LogP contribution in [-0.4, -0.2) is 56.8 Å². The van der Waals surface area contributed by atoms with Gasteiger partial charge < -0.3 is 19.7 Å². The third kappa shape index (κ3) is 5.66. The molecule has 5 heteroatoms. The van der Waals surface area contributed by atoms with Gasteiger partial charge >= 0.3 is 0 Å². The predicted molar refractivity (Wildman–Crippen MR) is 86.2 cm³/mol. The smallest absolute Gasteiger partial charge is 0.220 e. The van der Waals surface area contributed by atoms with Gasteiger partial charge in [-0.25, -0.2) is 0 Å². The average molecular weight is 306 g/mol. The van der Waals surface area contributed by atoms with E-state index in [1.54, 1.807) is 0 Å². The lowest BCUT2D eigenvalue weighted by atomic mass is 10.1. The van der Waals surface area contributed by atoms with Crippen molar-refractivity contribution in [2.24, 2.45) is 0 Å². The minimum Gasteiger partial charge on any atom is -0.494 e. The van der Waals surface area contributed by atoms with Crippen LogP contribution < -0.4 is 10.1 Å². The standard InChI is InChI=1S/C17H26N2O3/c1-3-21-15-7-4-14(5-8-15)6-9-17(20)18-12-16-13-19(2)10-11-22-16/h4-5,7-8,16H,3,6,9-13H2,1-2H3,(H,18,20). The number of nitrogens with one attached hydrogen (secondary N) is 1. The first-order valence-corrected chi connectivity index (χ1v) is 7.96. The van der Waals surface area contributed by atoms with Gasteiger partial charge in [0.1, 0.15) is 5.75 Å². The number of aryl methyl sites for hydroxylation is 1. The molecule has 1 aromatic rings. The Morgan fingerprint density at radius 1 is 1.41 bits per heavy atom. The molecule has 122 valence electrons. The Bertz CT molecular complexity index is 461. The summed E-state index contributed by atoms with van der Waals surface area (Å²) in [5, 5.41) is 2.96. The summed E-state index contributed by atoms with van der Waals surface area (Å²) >= 11 is 0. The maximum Gasteiger partial charge on any atom is 0.220 e. The van der Waals surface area contributed by atoms with E-state index < -0.39 is 0 Å². The first kappa shape index (κ1) is 16.8. The minimum atomic E-state index is 0.0747. The maximum absolute atomic E-state index is 11.9. The van der Waals surface area contributed by atoms with E-state index in [9.17, 15) is 4.79 Å². The number of hydrogen-bond donors (Lipinski definition) is 1. The molecule has 5 nitrogen and oxygen atoms in total. The normalized spacial score (nSPS) is 18.9. The monoisotopic (exact) mass is 306 g/mol. The molecular formula is C17H26N2O3. The van der Waals surface area contributed by atoms with Crippen LogP contribution in [0.25, 0.3) is 0 Å².